The molecule has 0 atom stereocenters. The summed E-state index contributed by atoms with van der Waals surface area (Å²) in [5, 5.41) is 6.86. The lowest BCUT2D eigenvalue weighted by atomic mass is 10.0. The van der Waals surface area contributed by atoms with Crippen molar-refractivity contribution >= 4 is 28.6 Å². The van der Waals surface area contributed by atoms with Gasteiger partial charge >= 0.3 is 6.18 Å². The average molecular weight is 462 g/mol. The van der Waals surface area contributed by atoms with E-state index in [0.29, 0.717) is 28.3 Å². The molecule has 0 fully saturated rings. The molecule has 0 unspecified atom stereocenters. The number of nitrogens with zero attached hydrogens (tertiary/aromatic N) is 2. The predicted molar refractivity (Wildman–Crippen MR) is 120 cm³/mol. The third kappa shape index (κ3) is 5.53. The number of aryl methyl sites for hydroxylation is 1. The van der Waals surface area contributed by atoms with Crippen molar-refractivity contribution in [3.63, 3.8) is 0 Å². The van der Waals surface area contributed by atoms with Crippen LogP contribution in [-0.2, 0) is 11.0 Å². The molecule has 0 bridgehead atoms. The normalized spacial score (nSPS) is 12.2. The Labute approximate surface area is 187 Å². The minimum atomic E-state index is -4.70. The molecule has 3 aromatic rings. The smallest absolute Gasteiger partial charge is 0.393 e. The predicted octanol–water partition coefficient (Wildman–Crippen LogP) is 6.54. The van der Waals surface area contributed by atoms with E-state index in [0.717, 1.165) is 11.1 Å². The monoisotopic (exact) mass is 461 g/mol. The van der Waals surface area contributed by atoms with E-state index in [9.17, 15) is 18.0 Å². The van der Waals surface area contributed by atoms with Crippen LogP contribution in [0.5, 0.6) is 0 Å². The maximum atomic E-state index is 13.3. The molecular weight excluding hydrogens is 439 g/mol. The van der Waals surface area contributed by atoms with E-state index in [2.05, 4.69) is 15.5 Å². The van der Waals surface area contributed by atoms with E-state index < -0.39 is 22.7 Å². The van der Waals surface area contributed by atoms with E-state index in [1.807, 2.05) is 45.0 Å². The number of nitrogens with one attached hydrogen (secondary N) is 1. The molecule has 9 heteroatoms. The van der Waals surface area contributed by atoms with Crippen LogP contribution in [0.4, 0.5) is 18.9 Å². The summed E-state index contributed by atoms with van der Waals surface area (Å²) in [5.41, 5.74) is 2.28. The Balaban J connectivity index is 1.87. The summed E-state index contributed by atoms with van der Waals surface area (Å²) in [4.78, 5) is 21.0. The quantitative estimate of drug-likeness (QED) is 0.335. The number of alkyl halides is 3. The van der Waals surface area contributed by atoms with Crippen molar-refractivity contribution in [3.8, 4) is 11.1 Å². The zero-order valence-corrected chi connectivity index (χ0v) is 18.8. The lowest BCUT2D eigenvalue weighted by Crippen LogP contribution is -2.17. The number of carbonyl (C=O) groups excluding carboxylic acids is 1. The van der Waals surface area contributed by atoms with Crippen molar-refractivity contribution in [2.24, 2.45) is 5.16 Å². The number of rotatable bonds is 6. The molecule has 1 heterocycles. The first-order valence-corrected chi connectivity index (χ1v) is 10.6. The van der Waals surface area contributed by atoms with E-state index in [1.165, 1.54) is 6.92 Å². The number of para-hydroxylation sites is 1. The summed E-state index contributed by atoms with van der Waals surface area (Å²) >= 11 is 0.714. The van der Waals surface area contributed by atoms with Gasteiger partial charge in [0.15, 0.2) is 5.69 Å². The molecule has 0 aliphatic rings. The molecule has 168 valence electrons. The summed E-state index contributed by atoms with van der Waals surface area (Å²) in [5.74, 6) is -0.846. The van der Waals surface area contributed by atoms with Gasteiger partial charge in [-0.15, -0.1) is 11.3 Å². The van der Waals surface area contributed by atoms with Gasteiger partial charge in [-0.3, -0.25) is 4.79 Å². The van der Waals surface area contributed by atoms with E-state index in [1.54, 1.807) is 24.3 Å². The second-order valence-electron chi connectivity index (χ2n) is 7.32. The molecule has 5 nitrogen and oxygen atoms in total. The fourth-order valence-corrected chi connectivity index (χ4v) is 3.76. The van der Waals surface area contributed by atoms with Crippen molar-refractivity contribution in [3.05, 3.63) is 69.7 Å². The Bertz CT molecular complexity index is 1140. The van der Waals surface area contributed by atoms with Crippen LogP contribution < -0.4 is 5.32 Å². The molecule has 3 rings (SSSR count). The van der Waals surface area contributed by atoms with Gasteiger partial charge in [-0.1, -0.05) is 47.6 Å². The van der Waals surface area contributed by atoms with Gasteiger partial charge in [0.1, 0.15) is 11.0 Å². The van der Waals surface area contributed by atoms with Gasteiger partial charge in [-0.05, 0) is 44.9 Å². The first-order chi connectivity index (χ1) is 15.1. The number of benzene rings is 2. The van der Waals surface area contributed by atoms with Crippen LogP contribution in [0.1, 0.15) is 46.7 Å². The average Bonchev–Trinajstić information content (AvgIpc) is 3.15. The van der Waals surface area contributed by atoms with Crippen LogP contribution in [-0.4, -0.2) is 22.7 Å². The van der Waals surface area contributed by atoms with E-state index in [4.69, 9.17) is 4.84 Å². The van der Waals surface area contributed by atoms with Gasteiger partial charge in [-0.25, -0.2) is 4.98 Å². The van der Waals surface area contributed by atoms with Gasteiger partial charge in [0.2, 0.25) is 0 Å². The van der Waals surface area contributed by atoms with Crippen molar-refractivity contribution in [1.82, 2.24) is 4.98 Å². The fraction of sp³-hybridized carbons (Fsp3) is 0.261. The standard InChI is InChI=1S/C23H22F3N3O2S/c1-13(2)31-29-14(3)16-9-11-17(12-10-16)18-7-5-6-8-19(18)28-22(30)20-21(23(24,25)26)27-15(4)32-20/h5-13H,1-4H3,(H,28,30)/b29-14-. The Kier molecular flexibility index (Phi) is 6.98. The Hall–Kier alpha value is -3.20. The summed E-state index contributed by atoms with van der Waals surface area (Å²) in [6.45, 7) is 7.04. The third-order valence-electron chi connectivity index (χ3n) is 4.40. The third-order valence-corrected chi connectivity index (χ3v) is 5.37. The molecule has 0 saturated carbocycles. The van der Waals surface area contributed by atoms with Gasteiger partial charge in [0, 0.05) is 11.3 Å². The maximum Gasteiger partial charge on any atom is 0.435 e. The topological polar surface area (TPSA) is 63.6 Å². The summed E-state index contributed by atoms with van der Waals surface area (Å²) in [6.07, 6.45) is -4.73. The highest BCUT2D eigenvalue weighted by Gasteiger charge is 2.39. The Morgan fingerprint density at radius 1 is 1.12 bits per heavy atom. The van der Waals surface area contributed by atoms with Crippen LogP contribution in [0.3, 0.4) is 0 Å². The summed E-state index contributed by atoms with van der Waals surface area (Å²) < 4.78 is 39.8. The SMILES string of the molecule is C/C(=N/OC(C)C)c1ccc(-c2ccccc2NC(=O)c2sc(C)nc2C(F)(F)F)cc1. The lowest BCUT2D eigenvalue weighted by Gasteiger charge is -2.12. The van der Waals surface area contributed by atoms with Crippen molar-refractivity contribution in [2.45, 2.75) is 40.0 Å². The molecule has 1 aromatic heterocycles. The maximum absolute atomic E-state index is 13.3. The van der Waals surface area contributed by atoms with Crippen molar-refractivity contribution in [2.75, 3.05) is 5.32 Å². The first kappa shape index (κ1) is 23.5. The first-order valence-electron chi connectivity index (χ1n) is 9.82. The Morgan fingerprint density at radius 3 is 2.41 bits per heavy atom. The zero-order chi connectivity index (χ0) is 23.5. The number of carbonyl (C=O) groups is 1. The zero-order valence-electron chi connectivity index (χ0n) is 17.9. The largest absolute Gasteiger partial charge is 0.435 e. The highest BCUT2D eigenvalue weighted by Crippen LogP contribution is 2.35. The summed E-state index contributed by atoms with van der Waals surface area (Å²) in [7, 11) is 0. The minimum absolute atomic E-state index is 0.0279. The van der Waals surface area contributed by atoms with Gasteiger partial charge in [-0.2, -0.15) is 13.2 Å². The van der Waals surface area contributed by atoms with Crippen LogP contribution >= 0.6 is 11.3 Å². The van der Waals surface area contributed by atoms with Crippen molar-refractivity contribution < 1.29 is 22.8 Å². The molecule has 1 N–H and O–H groups in total. The minimum Gasteiger partial charge on any atom is -0.393 e. The molecule has 0 aliphatic carbocycles. The summed E-state index contributed by atoms with van der Waals surface area (Å²) in [6, 6.07) is 14.4. The number of aromatic nitrogens is 1. The van der Waals surface area contributed by atoms with Crippen LogP contribution in [0.2, 0.25) is 0 Å². The number of hydrogen-bond acceptors (Lipinski definition) is 5. The number of hydrogen-bond donors (Lipinski definition) is 1. The molecule has 0 saturated heterocycles. The van der Waals surface area contributed by atoms with Crippen LogP contribution in [0.25, 0.3) is 11.1 Å². The molecule has 1 amide bonds. The molecule has 0 aliphatic heterocycles. The number of thiazole rings is 1. The van der Waals surface area contributed by atoms with E-state index in [-0.39, 0.29) is 11.1 Å². The molecule has 0 radical (unpaired) electrons. The van der Waals surface area contributed by atoms with E-state index >= 15 is 0 Å². The highest BCUT2D eigenvalue weighted by molar-refractivity contribution is 7.13. The second kappa shape index (κ2) is 9.52. The number of amides is 1. The number of oxime groups is 1. The molecule has 32 heavy (non-hydrogen) atoms. The lowest BCUT2D eigenvalue weighted by molar-refractivity contribution is -0.141. The van der Waals surface area contributed by atoms with Crippen LogP contribution in [0.15, 0.2) is 53.7 Å². The van der Waals surface area contributed by atoms with Gasteiger partial charge in [0.25, 0.3) is 5.91 Å². The molecule has 0 spiro atoms. The highest BCUT2D eigenvalue weighted by atomic mass is 32.1. The number of halogens is 3. The van der Waals surface area contributed by atoms with Crippen LogP contribution in [0, 0.1) is 6.92 Å². The second-order valence-corrected chi connectivity index (χ2v) is 8.52. The fourth-order valence-electron chi connectivity index (χ4n) is 2.92. The Morgan fingerprint density at radius 2 is 1.78 bits per heavy atom. The molecular formula is C23H22F3N3O2S. The molecule has 2 aromatic carbocycles. The van der Waals surface area contributed by atoms with Crippen molar-refractivity contribution in [1.29, 1.82) is 0 Å². The van der Waals surface area contributed by atoms with Gasteiger partial charge < -0.3 is 10.2 Å². The number of anilines is 1. The van der Waals surface area contributed by atoms with Gasteiger partial charge in [0.05, 0.1) is 10.7 Å².